The van der Waals surface area contributed by atoms with E-state index in [1.807, 2.05) is 12.1 Å². The molecule has 1 aliphatic rings. The van der Waals surface area contributed by atoms with Crippen LogP contribution in [0.4, 0.5) is 11.5 Å². The molecule has 5 nitrogen and oxygen atoms in total. The zero-order valence-electron chi connectivity index (χ0n) is 12.4. The molecule has 2 heterocycles. The molecule has 0 bridgehead atoms. The largest absolute Gasteiger partial charge is 0.476 e. The first-order valence-corrected chi connectivity index (χ1v) is 7.40. The third-order valence-corrected chi connectivity index (χ3v) is 3.23. The number of aromatic nitrogens is 1. The number of nitrogens with one attached hydrogen (secondary N) is 1. The summed E-state index contributed by atoms with van der Waals surface area (Å²) in [6.45, 7) is 6.45. The van der Waals surface area contributed by atoms with Gasteiger partial charge in [0.25, 0.3) is 0 Å². The van der Waals surface area contributed by atoms with E-state index in [2.05, 4.69) is 24.1 Å². The molecule has 5 heteroatoms. The first-order valence-electron chi connectivity index (χ1n) is 7.40. The summed E-state index contributed by atoms with van der Waals surface area (Å²) in [7, 11) is 0. The van der Waals surface area contributed by atoms with Crippen LogP contribution in [0.3, 0.4) is 0 Å². The van der Waals surface area contributed by atoms with Gasteiger partial charge in [-0.2, -0.15) is 4.98 Å². The van der Waals surface area contributed by atoms with Gasteiger partial charge in [0.05, 0.1) is 18.4 Å². The summed E-state index contributed by atoms with van der Waals surface area (Å²) in [6, 6.07) is 3.70. The highest BCUT2D eigenvalue weighted by molar-refractivity contribution is 5.53. The lowest BCUT2D eigenvalue weighted by Crippen LogP contribution is -2.27. The maximum atomic E-state index is 5.87. The molecule has 0 aromatic carbocycles. The molecule has 3 N–H and O–H groups in total. The minimum absolute atomic E-state index is 0.281. The van der Waals surface area contributed by atoms with E-state index >= 15 is 0 Å². The van der Waals surface area contributed by atoms with Crippen LogP contribution in [0.5, 0.6) is 5.88 Å². The van der Waals surface area contributed by atoms with Crippen molar-refractivity contribution in [1.82, 2.24) is 4.98 Å². The Morgan fingerprint density at radius 3 is 3.00 bits per heavy atom. The van der Waals surface area contributed by atoms with E-state index in [0.717, 1.165) is 25.4 Å². The summed E-state index contributed by atoms with van der Waals surface area (Å²) in [6.07, 6.45) is 3.80. The molecule has 1 aliphatic heterocycles. The molecular formula is C15H25N3O2. The maximum Gasteiger partial charge on any atom is 0.239 e. The fraction of sp³-hybridized carbons (Fsp3) is 0.667. The minimum atomic E-state index is 0.281. The van der Waals surface area contributed by atoms with Crippen LogP contribution in [0.2, 0.25) is 0 Å². The van der Waals surface area contributed by atoms with Crippen molar-refractivity contribution in [3.8, 4) is 5.88 Å². The monoisotopic (exact) mass is 279 g/mol. The topological polar surface area (TPSA) is 69.4 Å². The van der Waals surface area contributed by atoms with E-state index in [9.17, 15) is 0 Å². The number of anilines is 2. The zero-order valence-corrected chi connectivity index (χ0v) is 12.4. The normalized spacial score (nSPS) is 19.1. The SMILES string of the molecule is CC(C)COc1nc(NCC2CCCCO2)ccc1N. The Morgan fingerprint density at radius 1 is 1.45 bits per heavy atom. The number of hydrogen-bond acceptors (Lipinski definition) is 5. The molecule has 0 aliphatic carbocycles. The second-order valence-corrected chi connectivity index (χ2v) is 5.67. The fourth-order valence-electron chi connectivity index (χ4n) is 2.10. The van der Waals surface area contributed by atoms with Crippen LogP contribution in [0.25, 0.3) is 0 Å². The number of nitrogens with two attached hydrogens (primary N) is 1. The van der Waals surface area contributed by atoms with Crippen LogP contribution in [-0.2, 0) is 4.74 Å². The highest BCUT2D eigenvalue weighted by Crippen LogP contribution is 2.22. The van der Waals surface area contributed by atoms with Gasteiger partial charge < -0.3 is 20.5 Å². The number of rotatable bonds is 6. The average Bonchev–Trinajstić information content (AvgIpc) is 2.46. The Hall–Kier alpha value is -1.49. The minimum Gasteiger partial charge on any atom is -0.476 e. The Morgan fingerprint density at radius 2 is 2.30 bits per heavy atom. The molecule has 0 saturated carbocycles. The Balaban J connectivity index is 1.89. The summed E-state index contributed by atoms with van der Waals surface area (Å²) in [5.41, 5.74) is 6.45. The van der Waals surface area contributed by atoms with Crippen molar-refractivity contribution < 1.29 is 9.47 Å². The molecule has 1 fully saturated rings. The Labute approximate surface area is 120 Å². The lowest BCUT2D eigenvalue weighted by Gasteiger charge is -2.23. The fourth-order valence-corrected chi connectivity index (χ4v) is 2.10. The molecule has 1 unspecified atom stereocenters. The van der Waals surface area contributed by atoms with Crippen LogP contribution in [-0.4, -0.2) is 30.8 Å². The molecule has 1 atom stereocenters. The number of hydrogen-bond donors (Lipinski definition) is 2. The quantitative estimate of drug-likeness (QED) is 0.838. The molecule has 0 amide bonds. The van der Waals surface area contributed by atoms with Gasteiger partial charge in [0.2, 0.25) is 5.88 Å². The van der Waals surface area contributed by atoms with E-state index in [0.29, 0.717) is 24.1 Å². The number of nitrogens with zero attached hydrogens (tertiary/aromatic N) is 1. The molecular weight excluding hydrogens is 254 g/mol. The van der Waals surface area contributed by atoms with Gasteiger partial charge in [-0.25, -0.2) is 0 Å². The predicted octanol–water partition coefficient (Wildman–Crippen LogP) is 2.68. The third-order valence-electron chi connectivity index (χ3n) is 3.23. The van der Waals surface area contributed by atoms with Gasteiger partial charge in [0, 0.05) is 13.2 Å². The smallest absolute Gasteiger partial charge is 0.239 e. The molecule has 1 aromatic heterocycles. The number of nitrogen functional groups attached to an aromatic ring is 1. The van der Waals surface area contributed by atoms with Gasteiger partial charge in [-0.3, -0.25) is 0 Å². The molecule has 0 spiro atoms. The summed E-state index contributed by atoms with van der Waals surface area (Å²) >= 11 is 0. The van der Waals surface area contributed by atoms with Gasteiger partial charge in [0.1, 0.15) is 5.82 Å². The first kappa shape index (κ1) is 14.9. The van der Waals surface area contributed by atoms with Crippen LogP contribution < -0.4 is 15.8 Å². The van der Waals surface area contributed by atoms with Crippen LogP contribution >= 0.6 is 0 Å². The molecule has 0 radical (unpaired) electrons. The van der Waals surface area contributed by atoms with E-state index in [1.165, 1.54) is 12.8 Å². The standard InChI is InChI=1S/C15H25N3O2/c1-11(2)10-20-15-13(16)6-7-14(18-15)17-9-12-5-3-4-8-19-12/h6-7,11-12H,3-5,8-10,16H2,1-2H3,(H,17,18). The Kier molecular flexibility index (Phi) is 5.47. The van der Waals surface area contributed by atoms with Gasteiger partial charge in [0.15, 0.2) is 0 Å². The zero-order chi connectivity index (χ0) is 14.4. The summed E-state index contributed by atoms with van der Waals surface area (Å²) in [5, 5.41) is 3.30. The van der Waals surface area contributed by atoms with Crippen molar-refractivity contribution in [3.63, 3.8) is 0 Å². The second kappa shape index (κ2) is 7.33. The van der Waals surface area contributed by atoms with Crippen molar-refractivity contribution in [1.29, 1.82) is 0 Å². The van der Waals surface area contributed by atoms with E-state index in [-0.39, 0.29) is 6.10 Å². The molecule has 2 rings (SSSR count). The molecule has 112 valence electrons. The van der Waals surface area contributed by atoms with Gasteiger partial charge in [-0.15, -0.1) is 0 Å². The van der Waals surface area contributed by atoms with Gasteiger partial charge in [-0.05, 0) is 37.3 Å². The van der Waals surface area contributed by atoms with Crippen LogP contribution in [0.1, 0.15) is 33.1 Å². The van der Waals surface area contributed by atoms with Gasteiger partial charge in [-0.1, -0.05) is 13.8 Å². The molecule has 1 aromatic rings. The molecule has 20 heavy (non-hydrogen) atoms. The Bertz CT molecular complexity index is 418. The van der Waals surface area contributed by atoms with Gasteiger partial charge >= 0.3 is 0 Å². The van der Waals surface area contributed by atoms with Crippen molar-refractivity contribution in [2.24, 2.45) is 5.92 Å². The van der Waals surface area contributed by atoms with Crippen molar-refractivity contribution in [2.45, 2.75) is 39.2 Å². The summed E-state index contributed by atoms with van der Waals surface area (Å²) < 4.78 is 11.3. The van der Waals surface area contributed by atoms with Crippen molar-refractivity contribution in [3.05, 3.63) is 12.1 Å². The van der Waals surface area contributed by atoms with E-state index in [4.69, 9.17) is 15.2 Å². The lowest BCUT2D eigenvalue weighted by molar-refractivity contribution is 0.0247. The summed E-state index contributed by atoms with van der Waals surface area (Å²) in [4.78, 5) is 4.41. The van der Waals surface area contributed by atoms with E-state index in [1.54, 1.807) is 0 Å². The first-order chi connectivity index (χ1) is 9.65. The summed E-state index contributed by atoms with van der Waals surface area (Å²) in [5.74, 6) is 1.74. The average molecular weight is 279 g/mol. The highest BCUT2D eigenvalue weighted by Gasteiger charge is 2.14. The second-order valence-electron chi connectivity index (χ2n) is 5.67. The predicted molar refractivity (Wildman–Crippen MR) is 81.1 cm³/mol. The number of ether oxygens (including phenoxy) is 2. The lowest BCUT2D eigenvalue weighted by atomic mass is 10.1. The van der Waals surface area contributed by atoms with Crippen molar-refractivity contribution >= 4 is 11.5 Å². The maximum absolute atomic E-state index is 5.87. The number of pyridine rings is 1. The van der Waals surface area contributed by atoms with E-state index < -0.39 is 0 Å². The van der Waals surface area contributed by atoms with Crippen LogP contribution in [0.15, 0.2) is 12.1 Å². The highest BCUT2D eigenvalue weighted by atomic mass is 16.5. The van der Waals surface area contributed by atoms with Crippen molar-refractivity contribution in [2.75, 3.05) is 30.8 Å². The van der Waals surface area contributed by atoms with Crippen LogP contribution in [0, 0.1) is 5.92 Å². The third kappa shape index (κ3) is 4.56. The molecule has 1 saturated heterocycles.